The van der Waals surface area contributed by atoms with Gasteiger partial charge in [-0.25, -0.2) is 0 Å². The first-order valence-corrected chi connectivity index (χ1v) is 8.28. The van der Waals surface area contributed by atoms with Crippen LogP contribution in [0.15, 0.2) is 30.0 Å². The molecule has 0 amide bonds. The zero-order valence-corrected chi connectivity index (χ0v) is 14.1. The molecule has 132 valence electrons. The number of rotatable bonds is 8. The van der Waals surface area contributed by atoms with Crippen LogP contribution in [0.1, 0.15) is 25.5 Å². The number of nitrogens with zero attached hydrogens (tertiary/aromatic N) is 3. The maximum absolute atomic E-state index is 9.39. The van der Waals surface area contributed by atoms with Gasteiger partial charge in [0.1, 0.15) is 5.82 Å². The molecule has 2 heterocycles. The van der Waals surface area contributed by atoms with Gasteiger partial charge >= 0.3 is 6.01 Å². The second kappa shape index (κ2) is 9.89. The molecule has 1 saturated heterocycles. The van der Waals surface area contributed by atoms with Gasteiger partial charge in [0.15, 0.2) is 0 Å². The van der Waals surface area contributed by atoms with Crippen LogP contribution >= 0.6 is 0 Å². The topological polar surface area (TPSA) is 93.7 Å². The number of morpholine rings is 1. The monoisotopic (exact) mass is 334 g/mol. The summed E-state index contributed by atoms with van der Waals surface area (Å²) in [6, 6.07) is 2.04. The Morgan fingerprint density at radius 2 is 2.21 bits per heavy atom. The summed E-state index contributed by atoms with van der Waals surface area (Å²) in [5.41, 5.74) is 7.19. The molecule has 3 N–H and O–H groups in total. The molecule has 1 aliphatic rings. The standard InChI is InChI=1S/C17H26N4O3/c1-2-3-4-5-14(18)6-9-24-17-19-15(13-22)12-16(20-17)21-7-10-23-11-8-21/h3-5,12,22H,2,6-11,13,18H2,1H3/b4-3-,14-5-. The van der Waals surface area contributed by atoms with E-state index in [-0.39, 0.29) is 12.6 Å². The maximum atomic E-state index is 9.39. The van der Waals surface area contributed by atoms with Crippen LogP contribution in [-0.4, -0.2) is 48.0 Å². The van der Waals surface area contributed by atoms with Crippen molar-refractivity contribution in [1.82, 2.24) is 9.97 Å². The van der Waals surface area contributed by atoms with Crippen LogP contribution in [0.3, 0.4) is 0 Å². The van der Waals surface area contributed by atoms with E-state index in [2.05, 4.69) is 21.8 Å². The second-order valence-electron chi connectivity index (χ2n) is 5.43. The van der Waals surface area contributed by atoms with Crippen LogP contribution in [0.2, 0.25) is 0 Å². The summed E-state index contributed by atoms with van der Waals surface area (Å²) in [4.78, 5) is 10.7. The molecule has 0 spiro atoms. The van der Waals surface area contributed by atoms with Gasteiger partial charge in [0.2, 0.25) is 0 Å². The van der Waals surface area contributed by atoms with Crippen molar-refractivity contribution >= 4 is 5.82 Å². The Kier molecular flexibility index (Phi) is 7.51. The highest BCUT2D eigenvalue weighted by molar-refractivity contribution is 5.41. The maximum Gasteiger partial charge on any atom is 0.318 e. The molecule has 0 atom stereocenters. The zero-order valence-electron chi connectivity index (χ0n) is 14.1. The Bertz CT molecular complexity index is 569. The molecule has 1 aromatic heterocycles. The summed E-state index contributed by atoms with van der Waals surface area (Å²) in [6.45, 7) is 5.17. The fourth-order valence-corrected chi connectivity index (χ4v) is 2.23. The number of aliphatic hydroxyl groups is 1. The van der Waals surface area contributed by atoms with E-state index in [9.17, 15) is 5.11 Å². The predicted octanol–water partition coefficient (Wildman–Crippen LogP) is 1.38. The van der Waals surface area contributed by atoms with Gasteiger partial charge in [-0.3, -0.25) is 0 Å². The minimum atomic E-state index is -0.153. The van der Waals surface area contributed by atoms with Crippen molar-refractivity contribution in [2.45, 2.75) is 26.4 Å². The lowest BCUT2D eigenvalue weighted by Crippen LogP contribution is -2.37. The summed E-state index contributed by atoms with van der Waals surface area (Å²) in [5.74, 6) is 0.752. The number of hydrogen-bond acceptors (Lipinski definition) is 7. The number of ether oxygens (including phenoxy) is 2. The molecule has 1 fully saturated rings. The predicted molar refractivity (Wildman–Crippen MR) is 92.8 cm³/mol. The van der Waals surface area contributed by atoms with Crippen molar-refractivity contribution in [2.24, 2.45) is 5.73 Å². The van der Waals surface area contributed by atoms with Gasteiger partial charge in [0.05, 0.1) is 32.1 Å². The molecule has 2 rings (SSSR count). The van der Waals surface area contributed by atoms with Crippen molar-refractivity contribution in [1.29, 1.82) is 0 Å². The van der Waals surface area contributed by atoms with E-state index in [1.807, 2.05) is 18.2 Å². The quantitative estimate of drug-likeness (QED) is 0.694. The summed E-state index contributed by atoms with van der Waals surface area (Å²) in [6.07, 6.45) is 7.42. The van der Waals surface area contributed by atoms with Crippen LogP contribution in [0, 0.1) is 0 Å². The number of allylic oxidation sites excluding steroid dienone is 3. The molecule has 0 aliphatic carbocycles. The van der Waals surface area contributed by atoms with Crippen LogP contribution < -0.4 is 15.4 Å². The summed E-state index contributed by atoms with van der Waals surface area (Å²) >= 11 is 0. The Morgan fingerprint density at radius 3 is 2.92 bits per heavy atom. The largest absolute Gasteiger partial charge is 0.463 e. The number of nitrogens with two attached hydrogens (primary N) is 1. The van der Waals surface area contributed by atoms with Crippen molar-refractivity contribution in [3.63, 3.8) is 0 Å². The molecule has 1 aliphatic heterocycles. The van der Waals surface area contributed by atoms with Crippen molar-refractivity contribution in [3.8, 4) is 6.01 Å². The molecule has 1 aromatic rings. The van der Waals surface area contributed by atoms with Crippen LogP contribution in [0.4, 0.5) is 5.82 Å². The first kappa shape index (κ1) is 18.2. The third kappa shape index (κ3) is 5.82. The van der Waals surface area contributed by atoms with E-state index >= 15 is 0 Å². The van der Waals surface area contributed by atoms with E-state index in [0.29, 0.717) is 31.9 Å². The van der Waals surface area contributed by atoms with Gasteiger partial charge in [0.25, 0.3) is 0 Å². The van der Waals surface area contributed by atoms with E-state index in [1.54, 1.807) is 6.07 Å². The Morgan fingerprint density at radius 1 is 1.42 bits per heavy atom. The molecule has 7 heteroatoms. The molecule has 0 aromatic carbocycles. The van der Waals surface area contributed by atoms with Gasteiger partial charge < -0.3 is 25.2 Å². The minimum Gasteiger partial charge on any atom is -0.463 e. The molecule has 0 radical (unpaired) electrons. The molecular formula is C17H26N4O3. The lowest BCUT2D eigenvalue weighted by molar-refractivity contribution is 0.122. The van der Waals surface area contributed by atoms with Gasteiger partial charge in [0, 0.05) is 31.3 Å². The normalized spacial score (nSPS) is 15.9. The summed E-state index contributed by atoms with van der Waals surface area (Å²) in [5, 5.41) is 9.39. The fourth-order valence-electron chi connectivity index (χ4n) is 2.23. The van der Waals surface area contributed by atoms with Crippen molar-refractivity contribution in [3.05, 3.63) is 35.7 Å². The molecule has 24 heavy (non-hydrogen) atoms. The zero-order chi connectivity index (χ0) is 17.2. The third-order valence-corrected chi connectivity index (χ3v) is 3.55. The van der Waals surface area contributed by atoms with E-state index in [1.165, 1.54) is 0 Å². The Labute approximate surface area is 142 Å². The van der Waals surface area contributed by atoms with E-state index < -0.39 is 0 Å². The average molecular weight is 334 g/mol. The number of aromatic nitrogens is 2. The third-order valence-electron chi connectivity index (χ3n) is 3.55. The Hall–Kier alpha value is -2.12. The number of anilines is 1. The molecule has 0 saturated carbocycles. The highest BCUT2D eigenvalue weighted by Gasteiger charge is 2.15. The molecular weight excluding hydrogens is 308 g/mol. The van der Waals surface area contributed by atoms with Gasteiger partial charge in [-0.05, 0) is 12.5 Å². The minimum absolute atomic E-state index is 0.153. The van der Waals surface area contributed by atoms with Crippen LogP contribution in [0.5, 0.6) is 6.01 Å². The first-order valence-electron chi connectivity index (χ1n) is 8.28. The highest BCUT2D eigenvalue weighted by Crippen LogP contribution is 2.18. The summed E-state index contributed by atoms with van der Waals surface area (Å²) in [7, 11) is 0. The fraction of sp³-hybridized carbons (Fsp3) is 0.529. The molecule has 0 unspecified atom stereocenters. The van der Waals surface area contributed by atoms with E-state index in [0.717, 1.165) is 31.0 Å². The molecule has 7 nitrogen and oxygen atoms in total. The lowest BCUT2D eigenvalue weighted by Gasteiger charge is -2.28. The lowest BCUT2D eigenvalue weighted by atomic mass is 10.3. The highest BCUT2D eigenvalue weighted by atomic mass is 16.5. The van der Waals surface area contributed by atoms with Crippen LogP contribution in [0.25, 0.3) is 0 Å². The average Bonchev–Trinajstić information content (AvgIpc) is 2.62. The van der Waals surface area contributed by atoms with Crippen molar-refractivity contribution in [2.75, 3.05) is 37.8 Å². The number of aliphatic hydroxyl groups excluding tert-OH is 1. The first-order chi connectivity index (χ1) is 11.7. The second-order valence-corrected chi connectivity index (χ2v) is 5.43. The molecule has 0 bridgehead atoms. The van der Waals surface area contributed by atoms with E-state index in [4.69, 9.17) is 15.2 Å². The smallest absolute Gasteiger partial charge is 0.318 e. The Balaban J connectivity index is 1.96. The van der Waals surface area contributed by atoms with Gasteiger partial charge in [-0.15, -0.1) is 0 Å². The SMILES string of the molecule is CC/C=C\C=C(/N)CCOc1nc(CO)cc(N2CCOCC2)n1. The summed E-state index contributed by atoms with van der Waals surface area (Å²) < 4.78 is 11.0. The van der Waals surface area contributed by atoms with Gasteiger partial charge in [-0.1, -0.05) is 19.1 Å². The van der Waals surface area contributed by atoms with Crippen LogP contribution in [-0.2, 0) is 11.3 Å². The number of hydrogen-bond donors (Lipinski definition) is 2. The van der Waals surface area contributed by atoms with Crippen molar-refractivity contribution < 1.29 is 14.6 Å². The van der Waals surface area contributed by atoms with Gasteiger partial charge in [-0.2, -0.15) is 9.97 Å².